The molecular formula is C25H31F3N2O. The molecule has 0 bridgehead atoms. The molecule has 31 heavy (non-hydrogen) atoms. The van der Waals surface area contributed by atoms with Crippen molar-refractivity contribution in [2.45, 2.75) is 70.0 Å². The highest BCUT2D eigenvalue weighted by molar-refractivity contribution is 5.77. The van der Waals surface area contributed by atoms with Gasteiger partial charge in [0.2, 0.25) is 5.91 Å². The van der Waals surface area contributed by atoms with Crippen molar-refractivity contribution in [3.8, 4) is 0 Å². The Hall–Kier alpha value is -2.34. The zero-order chi connectivity index (χ0) is 22.4. The summed E-state index contributed by atoms with van der Waals surface area (Å²) in [6, 6.07) is 10.9. The maximum atomic E-state index is 14.3. The molecule has 1 aliphatic rings. The van der Waals surface area contributed by atoms with Gasteiger partial charge in [0.25, 0.3) is 0 Å². The second-order valence-electron chi connectivity index (χ2n) is 8.56. The molecule has 0 saturated heterocycles. The molecule has 1 fully saturated rings. The summed E-state index contributed by atoms with van der Waals surface area (Å²) in [5.41, 5.74) is 1.09. The lowest BCUT2D eigenvalue weighted by Crippen LogP contribution is -2.43. The zero-order valence-electron chi connectivity index (χ0n) is 18.2. The number of carbonyl (C=O) groups is 1. The molecule has 0 aromatic heterocycles. The maximum absolute atomic E-state index is 14.3. The van der Waals surface area contributed by atoms with E-state index in [1.807, 2.05) is 49.2 Å². The smallest absolute Gasteiger partial charge is 0.224 e. The summed E-state index contributed by atoms with van der Waals surface area (Å²) in [4.78, 5) is 14.8. The Kier molecular flexibility index (Phi) is 8.13. The Balaban J connectivity index is 1.76. The molecule has 3 nitrogen and oxygen atoms in total. The number of benzene rings is 2. The molecule has 6 heteroatoms. The van der Waals surface area contributed by atoms with Gasteiger partial charge < -0.3 is 10.2 Å². The predicted molar refractivity (Wildman–Crippen MR) is 116 cm³/mol. The van der Waals surface area contributed by atoms with Crippen molar-refractivity contribution < 1.29 is 18.0 Å². The number of rotatable bonds is 8. The van der Waals surface area contributed by atoms with Gasteiger partial charge in [0.15, 0.2) is 11.6 Å². The quantitative estimate of drug-likeness (QED) is 0.555. The fraction of sp³-hybridized carbons (Fsp3) is 0.480. The van der Waals surface area contributed by atoms with Crippen LogP contribution in [-0.4, -0.2) is 29.9 Å². The summed E-state index contributed by atoms with van der Waals surface area (Å²) >= 11 is 0. The van der Waals surface area contributed by atoms with Gasteiger partial charge in [-0.2, -0.15) is 0 Å². The minimum Gasteiger partial charge on any atom is -0.343 e. The van der Waals surface area contributed by atoms with Crippen molar-refractivity contribution in [1.29, 1.82) is 0 Å². The van der Waals surface area contributed by atoms with Crippen molar-refractivity contribution in [2.24, 2.45) is 0 Å². The fourth-order valence-electron chi connectivity index (χ4n) is 4.39. The van der Waals surface area contributed by atoms with Gasteiger partial charge in [0, 0.05) is 37.7 Å². The van der Waals surface area contributed by atoms with E-state index in [0.29, 0.717) is 6.07 Å². The molecule has 2 aromatic carbocycles. The van der Waals surface area contributed by atoms with Crippen LogP contribution in [0.3, 0.4) is 0 Å². The second kappa shape index (κ2) is 10.8. The van der Waals surface area contributed by atoms with Crippen molar-refractivity contribution >= 4 is 5.91 Å². The molecule has 0 heterocycles. The first-order valence-electron chi connectivity index (χ1n) is 11.0. The largest absolute Gasteiger partial charge is 0.343 e. The summed E-state index contributed by atoms with van der Waals surface area (Å²) in [5, 5.41) is 3.40. The Morgan fingerprint density at radius 3 is 2.35 bits per heavy atom. The molecule has 1 N–H and O–H groups in total. The lowest BCUT2D eigenvalue weighted by atomic mass is 9.93. The van der Waals surface area contributed by atoms with Crippen LogP contribution in [-0.2, 0) is 11.2 Å². The Morgan fingerprint density at radius 2 is 1.68 bits per heavy atom. The van der Waals surface area contributed by atoms with E-state index in [1.165, 1.54) is 6.42 Å². The highest BCUT2D eigenvalue weighted by atomic mass is 19.2. The minimum absolute atomic E-state index is 0.0207. The van der Waals surface area contributed by atoms with E-state index in [1.54, 1.807) is 0 Å². The fourth-order valence-corrected chi connectivity index (χ4v) is 4.39. The topological polar surface area (TPSA) is 32.3 Å². The van der Waals surface area contributed by atoms with E-state index in [9.17, 15) is 18.0 Å². The Labute approximate surface area is 182 Å². The van der Waals surface area contributed by atoms with Crippen LogP contribution in [0.1, 0.15) is 62.6 Å². The molecular weight excluding hydrogens is 401 g/mol. The van der Waals surface area contributed by atoms with Crippen LogP contribution in [0.25, 0.3) is 0 Å². The summed E-state index contributed by atoms with van der Waals surface area (Å²) in [6.45, 7) is 1.97. The van der Waals surface area contributed by atoms with Gasteiger partial charge >= 0.3 is 0 Å². The van der Waals surface area contributed by atoms with Gasteiger partial charge in [-0.25, -0.2) is 13.2 Å². The van der Waals surface area contributed by atoms with Crippen LogP contribution < -0.4 is 5.32 Å². The van der Waals surface area contributed by atoms with Crippen molar-refractivity contribution in [2.75, 3.05) is 7.05 Å². The van der Waals surface area contributed by atoms with Gasteiger partial charge in [-0.05, 0) is 43.4 Å². The molecule has 1 amide bonds. The summed E-state index contributed by atoms with van der Waals surface area (Å²) in [7, 11) is 1.83. The molecule has 0 spiro atoms. The standard InChI is InChI=1S/C25H31F3N2O/c1-17(18-9-5-3-6-10-18)29-20(13-19-14-23(27)24(28)16-22(19)26)15-25(31)30(2)21-11-7-4-8-12-21/h3,5-6,9-10,14,16-17,20-21,29H,4,7-8,11-13,15H2,1-2H3/t17-,20?/m1/s1. The van der Waals surface area contributed by atoms with Crippen LogP contribution in [0, 0.1) is 17.5 Å². The third-order valence-corrected chi connectivity index (χ3v) is 6.28. The zero-order valence-corrected chi connectivity index (χ0v) is 18.2. The van der Waals surface area contributed by atoms with E-state index >= 15 is 0 Å². The molecule has 2 aromatic rings. The summed E-state index contributed by atoms with van der Waals surface area (Å²) in [6.07, 6.45) is 5.68. The van der Waals surface area contributed by atoms with E-state index in [0.717, 1.165) is 37.3 Å². The molecule has 0 radical (unpaired) electrons. The number of nitrogens with one attached hydrogen (secondary N) is 1. The molecule has 2 atom stereocenters. The molecule has 168 valence electrons. The van der Waals surface area contributed by atoms with Crippen molar-refractivity contribution in [3.05, 3.63) is 71.0 Å². The second-order valence-corrected chi connectivity index (χ2v) is 8.56. The van der Waals surface area contributed by atoms with Crippen molar-refractivity contribution in [3.63, 3.8) is 0 Å². The molecule has 3 rings (SSSR count). The lowest BCUT2D eigenvalue weighted by molar-refractivity contribution is -0.133. The molecule has 1 unspecified atom stereocenters. The average Bonchev–Trinajstić information content (AvgIpc) is 2.78. The monoisotopic (exact) mass is 432 g/mol. The Morgan fingerprint density at radius 1 is 1.03 bits per heavy atom. The third kappa shape index (κ3) is 6.33. The molecule has 1 aliphatic carbocycles. The first-order chi connectivity index (χ1) is 14.8. The van der Waals surface area contributed by atoms with Crippen LogP contribution in [0.15, 0.2) is 42.5 Å². The van der Waals surface area contributed by atoms with E-state index in [-0.39, 0.29) is 36.4 Å². The lowest BCUT2D eigenvalue weighted by Gasteiger charge is -2.33. The first kappa shape index (κ1) is 23.3. The van der Waals surface area contributed by atoms with Crippen LogP contribution in [0.2, 0.25) is 0 Å². The first-order valence-corrected chi connectivity index (χ1v) is 11.0. The van der Waals surface area contributed by atoms with Crippen LogP contribution in [0.4, 0.5) is 13.2 Å². The third-order valence-electron chi connectivity index (χ3n) is 6.28. The highest BCUT2D eigenvalue weighted by Gasteiger charge is 2.26. The predicted octanol–water partition coefficient (Wildman–Crippen LogP) is 5.55. The average molecular weight is 433 g/mol. The summed E-state index contributed by atoms with van der Waals surface area (Å²) in [5.74, 6) is -3.12. The number of halogens is 3. The Bertz CT molecular complexity index is 869. The molecule has 1 saturated carbocycles. The van der Waals surface area contributed by atoms with Gasteiger partial charge in [0.05, 0.1) is 0 Å². The number of hydrogen-bond donors (Lipinski definition) is 1. The highest BCUT2D eigenvalue weighted by Crippen LogP contribution is 2.24. The van der Waals surface area contributed by atoms with E-state index in [2.05, 4.69) is 5.32 Å². The number of amides is 1. The van der Waals surface area contributed by atoms with E-state index < -0.39 is 23.5 Å². The van der Waals surface area contributed by atoms with Gasteiger partial charge in [-0.1, -0.05) is 49.6 Å². The van der Waals surface area contributed by atoms with Crippen LogP contribution in [0.5, 0.6) is 0 Å². The normalized spacial score (nSPS) is 16.7. The van der Waals surface area contributed by atoms with Gasteiger partial charge in [-0.15, -0.1) is 0 Å². The van der Waals surface area contributed by atoms with Crippen molar-refractivity contribution in [1.82, 2.24) is 10.2 Å². The number of hydrogen-bond acceptors (Lipinski definition) is 2. The van der Waals surface area contributed by atoms with Gasteiger partial charge in [0.1, 0.15) is 5.82 Å². The van der Waals surface area contributed by atoms with Crippen LogP contribution >= 0.6 is 0 Å². The maximum Gasteiger partial charge on any atom is 0.224 e. The molecule has 0 aliphatic heterocycles. The van der Waals surface area contributed by atoms with E-state index in [4.69, 9.17) is 0 Å². The number of carbonyl (C=O) groups excluding carboxylic acids is 1. The van der Waals surface area contributed by atoms with Gasteiger partial charge in [-0.3, -0.25) is 4.79 Å². The minimum atomic E-state index is -1.21. The summed E-state index contributed by atoms with van der Waals surface area (Å²) < 4.78 is 41.4. The SMILES string of the molecule is C[C@@H](NC(CC(=O)N(C)C1CCCCC1)Cc1cc(F)c(F)cc1F)c1ccccc1. The number of nitrogens with zero attached hydrogens (tertiary/aromatic N) is 1.